The van der Waals surface area contributed by atoms with Gasteiger partial charge in [-0.2, -0.15) is 0 Å². The molecule has 0 aromatic heterocycles. The second-order valence-corrected chi connectivity index (χ2v) is 4.15. The molecular formula is C10H11Cl2NO2. The lowest BCUT2D eigenvalue weighted by atomic mass is 10.2. The van der Waals surface area contributed by atoms with Gasteiger partial charge in [-0.25, -0.2) is 0 Å². The Kier molecular flexibility index (Phi) is 4.24. The van der Waals surface area contributed by atoms with Gasteiger partial charge in [0.05, 0.1) is 5.92 Å². The Morgan fingerprint density at radius 1 is 1.40 bits per heavy atom. The number of aliphatic carboxylic acids is 1. The SMILES string of the molecule is CC(CNc1cc(Cl)cc(Cl)c1)C(=O)O. The van der Waals surface area contributed by atoms with Crippen molar-refractivity contribution in [3.05, 3.63) is 28.2 Å². The number of anilines is 1. The van der Waals surface area contributed by atoms with Crippen LogP contribution < -0.4 is 5.32 Å². The Labute approximate surface area is 98.0 Å². The zero-order valence-electron chi connectivity index (χ0n) is 8.13. The monoisotopic (exact) mass is 247 g/mol. The van der Waals surface area contributed by atoms with Gasteiger partial charge in [0.25, 0.3) is 0 Å². The summed E-state index contributed by atoms with van der Waals surface area (Å²) >= 11 is 11.6. The number of nitrogens with one attached hydrogen (secondary N) is 1. The molecule has 1 unspecified atom stereocenters. The molecule has 1 aromatic carbocycles. The number of carbonyl (C=O) groups is 1. The topological polar surface area (TPSA) is 49.3 Å². The van der Waals surface area contributed by atoms with E-state index in [-0.39, 0.29) is 0 Å². The van der Waals surface area contributed by atoms with Crippen molar-refractivity contribution in [2.75, 3.05) is 11.9 Å². The summed E-state index contributed by atoms with van der Waals surface area (Å²) in [6, 6.07) is 5.01. The molecule has 3 nitrogen and oxygen atoms in total. The summed E-state index contributed by atoms with van der Waals surface area (Å²) in [5.41, 5.74) is 0.723. The largest absolute Gasteiger partial charge is 0.481 e. The molecule has 0 amide bonds. The average Bonchev–Trinajstić information content (AvgIpc) is 2.12. The van der Waals surface area contributed by atoms with E-state index in [0.29, 0.717) is 16.6 Å². The minimum atomic E-state index is -0.837. The summed E-state index contributed by atoms with van der Waals surface area (Å²) < 4.78 is 0. The van der Waals surface area contributed by atoms with Crippen molar-refractivity contribution < 1.29 is 9.90 Å². The lowest BCUT2D eigenvalue weighted by Gasteiger charge is -2.10. The van der Waals surface area contributed by atoms with E-state index in [1.807, 2.05) is 0 Å². The molecule has 1 rings (SSSR count). The van der Waals surface area contributed by atoms with Gasteiger partial charge in [-0.15, -0.1) is 0 Å². The zero-order valence-corrected chi connectivity index (χ0v) is 9.64. The van der Waals surface area contributed by atoms with Crippen molar-refractivity contribution in [3.8, 4) is 0 Å². The van der Waals surface area contributed by atoms with Gasteiger partial charge in [-0.05, 0) is 18.2 Å². The molecule has 1 aromatic rings. The van der Waals surface area contributed by atoms with E-state index in [4.69, 9.17) is 28.3 Å². The quantitative estimate of drug-likeness (QED) is 0.860. The van der Waals surface area contributed by atoms with Crippen LogP contribution in [-0.4, -0.2) is 17.6 Å². The molecule has 0 bridgehead atoms. The van der Waals surface area contributed by atoms with Crippen molar-refractivity contribution in [1.29, 1.82) is 0 Å². The summed E-state index contributed by atoms with van der Waals surface area (Å²) in [7, 11) is 0. The van der Waals surface area contributed by atoms with E-state index < -0.39 is 11.9 Å². The first-order chi connectivity index (χ1) is 6.99. The fourth-order valence-electron chi connectivity index (χ4n) is 1.01. The Balaban J connectivity index is 2.61. The average molecular weight is 248 g/mol. The molecule has 1 atom stereocenters. The summed E-state index contributed by atoms with van der Waals surface area (Å²) in [4.78, 5) is 10.6. The second-order valence-electron chi connectivity index (χ2n) is 3.28. The van der Waals surface area contributed by atoms with Gasteiger partial charge in [-0.3, -0.25) is 4.79 Å². The Morgan fingerprint density at radius 3 is 2.40 bits per heavy atom. The van der Waals surface area contributed by atoms with Crippen LogP contribution in [0, 0.1) is 5.92 Å². The zero-order chi connectivity index (χ0) is 11.4. The van der Waals surface area contributed by atoms with Crippen LogP contribution >= 0.6 is 23.2 Å². The van der Waals surface area contributed by atoms with Crippen LogP contribution in [0.3, 0.4) is 0 Å². The molecule has 0 fully saturated rings. The number of carboxylic acids is 1. The second kappa shape index (κ2) is 5.24. The third-order valence-corrected chi connectivity index (χ3v) is 2.33. The highest BCUT2D eigenvalue weighted by molar-refractivity contribution is 6.35. The van der Waals surface area contributed by atoms with Gasteiger partial charge in [0.1, 0.15) is 0 Å². The van der Waals surface area contributed by atoms with Crippen molar-refractivity contribution in [1.82, 2.24) is 0 Å². The van der Waals surface area contributed by atoms with Crippen LogP contribution in [0.1, 0.15) is 6.92 Å². The highest BCUT2D eigenvalue weighted by Crippen LogP contribution is 2.22. The summed E-state index contributed by atoms with van der Waals surface area (Å²) in [5, 5.41) is 12.7. The van der Waals surface area contributed by atoms with Crippen molar-refractivity contribution in [2.24, 2.45) is 5.92 Å². The minimum Gasteiger partial charge on any atom is -0.481 e. The molecule has 0 aliphatic rings. The van der Waals surface area contributed by atoms with Crippen molar-refractivity contribution in [2.45, 2.75) is 6.92 Å². The predicted octanol–water partition coefficient (Wildman–Crippen LogP) is 3.13. The predicted molar refractivity (Wildman–Crippen MR) is 61.8 cm³/mol. The van der Waals surface area contributed by atoms with E-state index >= 15 is 0 Å². The lowest BCUT2D eigenvalue weighted by molar-refractivity contribution is -0.140. The number of rotatable bonds is 4. The maximum absolute atomic E-state index is 10.6. The van der Waals surface area contributed by atoms with E-state index in [1.54, 1.807) is 25.1 Å². The van der Waals surface area contributed by atoms with Gasteiger partial charge in [0.2, 0.25) is 0 Å². The van der Waals surface area contributed by atoms with Gasteiger partial charge >= 0.3 is 5.97 Å². The molecule has 0 heterocycles. The van der Waals surface area contributed by atoms with Crippen molar-refractivity contribution >= 4 is 34.9 Å². The van der Waals surface area contributed by atoms with Crippen LogP contribution in [0.15, 0.2) is 18.2 Å². The Hall–Kier alpha value is -0.930. The molecule has 5 heteroatoms. The highest BCUT2D eigenvalue weighted by atomic mass is 35.5. The number of halogens is 2. The van der Waals surface area contributed by atoms with Crippen LogP contribution in [0.4, 0.5) is 5.69 Å². The highest BCUT2D eigenvalue weighted by Gasteiger charge is 2.10. The van der Waals surface area contributed by atoms with Crippen molar-refractivity contribution in [3.63, 3.8) is 0 Å². The van der Waals surface area contributed by atoms with Crippen LogP contribution in [0.5, 0.6) is 0 Å². The van der Waals surface area contributed by atoms with Gasteiger partial charge in [-0.1, -0.05) is 30.1 Å². The molecule has 0 saturated carbocycles. The van der Waals surface area contributed by atoms with Crippen LogP contribution in [0.25, 0.3) is 0 Å². The van der Waals surface area contributed by atoms with E-state index in [1.165, 1.54) is 0 Å². The minimum absolute atomic E-state index is 0.339. The summed E-state index contributed by atoms with van der Waals surface area (Å²) in [5.74, 6) is -1.29. The molecule has 15 heavy (non-hydrogen) atoms. The fraction of sp³-hybridized carbons (Fsp3) is 0.300. The molecule has 2 N–H and O–H groups in total. The first kappa shape index (κ1) is 12.1. The fourth-order valence-corrected chi connectivity index (χ4v) is 1.54. The molecule has 0 radical (unpaired) electrons. The molecule has 0 saturated heterocycles. The Morgan fingerprint density at radius 2 is 1.93 bits per heavy atom. The number of hydrogen-bond donors (Lipinski definition) is 2. The van der Waals surface area contributed by atoms with Crippen LogP contribution in [-0.2, 0) is 4.79 Å². The normalized spacial score (nSPS) is 12.2. The number of carboxylic acid groups (broad SMARTS) is 1. The summed E-state index contributed by atoms with van der Waals surface area (Å²) in [6.45, 7) is 1.97. The van der Waals surface area contributed by atoms with E-state index in [9.17, 15) is 4.79 Å². The molecule has 0 aliphatic carbocycles. The first-order valence-corrected chi connectivity index (χ1v) is 5.17. The number of benzene rings is 1. The standard InChI is InChI=1S/C10H11Cl2NO2/c1-6(10(14)15)5-13-9-3-7(11)2-8(12)4-9/h2-4,6,13H,5H2,1H3,(H,14,15). The van der Waals surface area contributed by atoms with Gasteiger partial charge < -0.3 is 10.4 Å². The molecule has 0 spiro atoms. The maximum atomic E-state index is 10.6. The third-order valence-electron chi connectivity index (χ3n) is 1.90. The third kappa shape index (κ3) is 3.98. The van der Waals surface area contributed by atoms with Gasteiger partial charge in [0.15, 0.2) is 0 Å². The van der Waals surface area contributed by atoms with Gasteiger partial charge in [0, 0.05) is 22.3 Å². The number of hydrogen-bond acceptors (Lipinski definition) is 2. The van der Waals surface area contributed by atoms with Crippen LogP contribution in [0.2, 0.25) is 10.0 Å². The van der Waals surface area contributed by atoms with E-state index in [2.05, 4.69) is 5.32 Å². The molecule has 0 aliphatic heterocycles. The maximum Gasteiger partial charge on any atom is 0.308 e. The summed E-state index contributed by atoms with van der Waals surface area (Å²) in [6.07, 6.45) is 0. The molecular weight excluding hydrogens is 237 g/mol. The Bertz CT molecular complexity index is 348. The first-order valence-electron chi connectivity index (χ1n) is 4.42. The lowest BCUT2D eigenvalue weighted by Crippen LogP contribution is -2.19. The van der Waals surface area contributed by atoms with E-state index in [0.717, 1.165) is 5.69 Å². The smallest absolute Gasteiger partial charge is 0.308 e. The molecule has 82 valence electrons.